The van der Waals surface area contributed by atoms with E-state index in [1.165, 1.54) is 12.1 Å². The van der Waals surface area contributed by atoms with Gasteiger partial charge in [0.1, 0.15) is 0 Å². The summed E-state index contributed by atoms with van der Waals surface area (Å²) in [6.45, 7) is 2.99. The van der Waals surface area contributed by atoms with Crippen molar-refractivity contribution >= 4 is 27.6 Å². The van der Waals surface area contributed by atoms with Crippen molar-refractivity contribution in [1.29, 1.82) is 0 Å². The van der Waals surface area contributed by atoms with Gasteiger partial charge in [-0.3, -0.25) is 0 Å². The van der Waals surface area contributed by atoms with Crippen molar-refractivity contribution < 1.29 is 17.6 Å². The van der Waals surface area contributed by atoms with Crippen LogP contribution in [-0.2, 0) is 12.7 Å². The van der Waals surface area contributed by atoms with Crippen molar-refractivity contribution in [1.82, 2.24) is 15.5 Å². The molecule has 9 heteroatoms. The normalized spacial score (nSPS) is 11.7. The van der Waals surface area contributed by atoms with Crippen molar-refractivity contribution in [2.45, 2.75) is 19.6 Å². The highest BCUT2D eigenvalue weighted by atomic mass is 79.9. The molecule has 21 heavy (non-hydrogen) atoms. The fraction of sp³-hybridized carbons (Fsp3) is 0.333. The van der Waals surface area contributed by atoms with Crippen LogP contribution >= 0.6 is 15.9 Å². The van der Waals surface area contributed by atoms with Gasteiger partial charge in [0.05, 0.1) is 17.8 Å². The van der Waals surface area contributed by atoms with Crippen LogP contribution in [0.25, 0.3) is 0 Å². The number of nitrogens with zero attached hydrogens (tertiary/aromatic N) is 2. The molecule has 0 radical (unpaired) electrons. The number of halogens is 4. The summed E-state index contributed by atoms with van der Waals surface area (Å²) < 4.78 is 44.4. The second kappa shape index (κ2) is 6.44. The van der Waals surface area contributed by atoms with Crippen LogP contribution in [0.4, 0.5) is 24.9 Å². The number of nitrogens with one attached hydrogen (secondary N) is 2. The first-order valence-corrected chi connectivity index (χ1v) is 6.86. The molecule has 114 valence electrons. The lowest BCUT2D eigenvalue weighted by atomic mass is 10.1. The molecule has 0 aliphatic heterocycles. The summed E-state index contributed by atoms with van der Waals surface area (Å²) in [5.41, 5.74) is -0.965. The van der Waals surface area contributed by atoms with Gasteiger partial charge >= 0.3 is 12.2 Å². The first kappa shape index (κ1) is 15.8. The maximum atomic E-state index is 13.0. The zero-order chi connectivity index (χ0) is 15.5. The summed E-state index contributed by atoms with van der Waals surface area (Å²) in [7, 11) is 0. The van der Waals surface area contributed by atoms with E-state index in [4.69, 9.17) is 4.42 Å². The van der Waals surface area contributed by atoms with Crippen LogP contribution in [-0.4, -0.2) is 16.7 Å². The van der Waals surface area contributed by atoms with E-state index in [-0.39, 0.29) is 11.7 Å². The molecular formula is C12H12BrF3N4O. The number of aromatic nitrogens is 2. The number of anilines is 2. The molecule has 2 N–H and O–H groups in total. The molecule has 2 rings (SSSR count). The van der Waals surface area contributed by atoms with Crippen molar-refractivity contribution in [2.75, 3.05) is 11.9 Å². The minimum Gasteiger partial charge on any atom is -0.406 e. The molecule has 0 saturated heterocycles. The SMILES string of the molecule is CCNCc1nnc(Nc2ccc(Br)cc2C(F)(F)F)o1. The van der Waals surface area contributed by atoms with Crippen LogP contribution < -0.4 is 10.6 Å². The van der Waals surface area contributed by atoms with E-state index in [1.54, 1.807) is 0 Å². The third-order valence-electron chi connectivity index (χ3n) is 2.52. The number of hydrogen-bond donors (Lipinski definition) is 2. The zero-order valence-corrected chi connectivity index (χ0v) is 12.5. The van der Waals surface area contributed by atoms with Gasteiger partial charge in [-0.15, -0.1) is 5.10 Å². The Bertz CT molecular complexity index is 615. The summed E-state index contributed by atoms with van der Waals surface area (Å²) in [4.78, 5) is 0. The highest BCUT2D eigenvalue weighted by Gasteiger charge is 2.34. The van der Waals surface area contributed by atoms with E-state index in [9.17, 15) is 13.2 Å². The third-order valence-corrected chi connectivity index (χ3v) is 3.01. The summed E-state index contributed by atoms with van der Waals surface area (Å²) in [5.74, 6) is 0.296. The van der Waals surface area contributed by atoms with Crippen LogP contribution in [0.15, 0.2) is 27.1 Å². The largest absolute Gasteiger partial charge is 0.418 e. The van der Waals surface area contributed by atoms with Crippen molar-refractivity contribution in [3.8, 4) is 0 Å². The van der Waals surface area contributed by atoms with Crippen LogP contribution in [0.5, 0.6) is 0 Å². The topological polar surface area (TPSA) is 63.0 Å². The molecule has 0 bridgehead atoms. The Kier molecular flexibility index (Phi) is 4.84. The highest BCUT2D eigenvalue weighted by Crippen LogP contribution is 2.37. The van der Waals surface area contributed by atoms with Crippen LogP contribution in [0.2, 0.25) is 0 Å². The Morgan fingerprint density at radius 1 is 1.29 bits per heavy atom. The molecule has 2 aromatic rings. The Balaban J connectivity index is 2.21. The zero-order valence-electron chi connectivity index (χ0n) is 11.0. The van der Waals surface area contributed by atoms with Gasteiger partial charge in [-0.05, 0) is 24.7 Å². The number of benzene rings is 1. The molecule has 0 amide bonds. The fourth-order valence-corrected chi connectivity index (χ4v) is 1.94. The van der Waals surface area contributed by atoms with Gasteiger partial charge in [0.15, 0.2) is 0 Å². The van der Waals surface area contributed by atoms with Crippen LogP contribution in [0.3, 0.4) is 0 Å². The van der Waals surface area contributed by atoms with E-state index < -0.39 is 11.7 Å². The summed E-state index contributed by atoms with van der Waals surface area (Å²) in [6.07, 6.45) is -4.49. The van der Waals surface area contributed by atoms with Crippen molar-refractivity contribution in [3.63, 3.8) is 0 Å². The molecule has 0 saturated carbocycles. The molecule has 0 spiro atoms. The Morgan fingerprint density at radius 3 is 2.71 bits per heavy atom. The van der Waals surface area contributed by atoms with E-state index in [2.05, 4.69) is 36.8 Å². The van der Waals surface area contributed by atoms with Crippen LogP contribution in [0.1, 0.15) is 18.4 Å². The smallest absolute Gasteiger partial charge is 0.406 e. The van der Waals surface area contributed by atoms with E-state index in [0.717, 1.165) is 12.6 Å². The Morgan fingerprint density at radius 2 is 2.05 bits per heavy atom. The quantitative estimate of drug-likeness (QED) is 0.846. The van der Waals surface area contributed by atoms with Gasteiger partial charge in [0.25, 0.3) is 0 Å². The molecule has 0 aliphatic rings. The van der Waals surface area contributed by atoms with Crippen molar-refractivity contribution in [3.05, 3.63) is 34.1 Å². The summed E-state index contributed by atoms with van der Waals surface area (Å²) in [5, 5.41) is 12.9. The lowest BCUT2D eigenvalue weighted by Gasteiger charge is -2.12. The summed E-state index contributed by atoms with van der Waals surface area (Å²) in [6, 6.07) is 3.68. The molecule has 1 aromatic heterocycles. The average Bonchev–Trinajstić information content (AvgIpc) is 2.85. The van der Waals surface area contributed by atoms with Crippen molar-refractivity contribution in [2.24, 2.45) is 0 Å². The number of rotatable bonds is 5. The number of hydrogen-bond acceptors (Lipinski definition) is 5. The molecule has 0 fully saturated rings. The van der Waals surface area contributed by atoms with Gasteiger partial charge in [-0.2, -0.15) is 13.2 Å². The maximum absolute atomic E-state index is 13.0. The standard InChI is InChI=1S/C12H12BrF3N4O/c1-2-17-6-10-19-20-11(21-10)18-9-4-3-7(13)5-8(9)12(14,15)16/h3-5,17H,2,6H2,1H3,(H,18,20). The third kappa shape index (κ3) is 4.18. The highest BCUT2D eigenvalue weighted by molar-refractivity contribution is 9.10. The first-order chi connectivity index (χ1) is 9.90. The molecule has 0 unspecified atom stereocenters. The first-order valence-electron chi connectivity index (χ1n) is 6.07. The maximum Gasteiger partial charge on any atom is 0.418 e. The predicted octanol–water partition coefficient (Wildman–Crippen LogP) is 3.70. The lowest BCUT2D eigenvalue weighted by molar-refractivity contribution is -0.137. The van der Waals surface area contributed by atoms with Gasteiger partial charge in [-0.25, -0.2) is 0 Å². The fourth-order valence-electron chi connectivity index (χ4n) is 1.58. The monoisotopic (exact) mass is 364 g/mol. The van der Waals surface area contributed by atoms with Gasteiger partial charge in [0.2, 0.25) is 5.89 Å². The lowest BCUT2D eigenvalue weighted by Crippen LogP contribution is -2.11. The van der Waals surface area contributed by atoms with Gasteiger partial charge in [0, 0.05) is 4.47 Å². The average molecular weight is 365 g/mol. The molecular weight excluding hydrogens is 353 g/mol. The molecule has 1 heterocycles. The molecule has 1 aromatic carbocycles. The van der Waals surface area contributed by atoms with E-state index >= 15 is 0 Å². The molecule has 0 atom stereocenters. The molecule has 0 aliphatic carbocycles. The second-order valence-electron chi connectivity index (χ2n) is 4.09. The Hall–Kier alpha value is -1.61. The Labute approximate surface area is 127 Å². The van der Waals surface area contributed by atoms with Crippen LogP contribution in [0, 0.1) is 0 Å². The van der Waals surface area contributed by atoms with Gasteiger partial charge < -0.3 is 15.1 Å². The molecule has 5 nitrogen and oxygen atoms in total. The minimum atomic E-state index is -4.49. The number of alkyl halides is 3. The van der Waals surface area contributed by atoms with Gasteiger partial charge in [-0.1, -0.05) is 28.0 Å². The minimum absolute atomic E-state index is 0.0873. The van der Waals surface area contributed by atoms with E-state index in [1.807, 2.05) is 6.92 Å². The van der Waals surface area contributed by atoms with E-state index in [0.29, 0.717) is 16.9 Å². The summed E-state index contributed by atoms with van der Waals surface area (Å²) >= 11 is 3.02. The predicted molar refractivity (Wildman–Crippen MR) is 74.1 cm³/mol. The second-order valence-corrected chi connectivity index (χ2v) is 5.01.